The molecule has 0 heterocycles. The van der Waals surface area contributed by atoms with Gasteiger partial charge in [-0.3, -0.25) is 38.4 Å². The van der Waals surface area contributed by atoms with Crippen molar-refractivity contribution in [2.45, 2.75) is 199 Å². The number of carboxylic acid groups (broad SMARTS) is 4. The van der Waals surface area contributed by atoms with Crippen LogP contribution in [0, 0.1) is 59.2 Å². The first-order valence-electron chi connectivity index (χ1n) is 23.8. The zero-order chi connectivity index (χ0) is 51.1. The highest BCUT2D eigenvalue weighted by molar-refractivity contribution is 5.86. The summed E-state index contributed by atoms with van der Waals surface area (Å²) < 4.78 is 0. The van der Waals surface area contributed by atoms with E-state index < -0.39 is 48.6 Å². The van der Waals surface area contributed by atoms with Crippen LogP contribution < -0.4 is 22.9 Å². The molecule has 0 aromatic heterocycles. The van der Waals surface area contributed by atoms with E-state index in [0.29, 0.717) is 23.7 Å². The van der Waals surface area contributed by atoms with Gasteiger partial charge in [-0.15, -0.1) is 0 Å². The lowest BCUT2D eigenvalue weighted by atomic mass is 9.87. The highest BCUT2D eigenvalue weighted by atomic mass is 16.4. The quantitative estimate of drug-likeness (QED) is 0.0324. The summed E-state index contributed by atoms with van der Waals surface area (Å²) in [5.41, 5.74) is 20.8. The normalized spacial score (nSPS) is 15.1. The topological polar surface area (TPSA) is 322 Å². The number of nitrogens with two attached hydrogens (primary N) is 4. The van der Waals surface area contributed by atoms with E-state index >= 15 is 0 Å². The summed E-state index contributed by atoms with van der Waals surface area (Å²) in [6.45, 7) is 25.1. The number of carbonyl (C=O) groups is 8. The van der Waals surface area contributed by atoms with Gasteiger partial charge in [0.15, 0.2) is 0 Å². The minimum absolute atomic E-state index is 0.0431. The van der Waals surface area contributed by atoms with Crippen molar-refractivity contribution >= 4 is 47.5 Å². The van der Waals surface area contributed by atoms with Gasteiger partial charge < -0.3 is 43.4 Å². The van der Waals surface area contributed by atoms with Gasteiger partial charge in [0.1, 0.15) is 0 Å². The van der Waals surface area contributed by atoms with Crippen molar-refractivity contribution in [3.63, 3.8) is 0 Å². The summed E-state index contributed by atoms with van der Waals surface area (Å²) in [6.07, 6.45) is 16.3. The van der Waals surface area contributed by atoms with Crippen LogP contribution in [0.1, 0.15) is 199 Å². The van der Waals surface area contributed by atoms with Crippen molar-refractivity contribution in [2.75, 3.05) is 0 Å². The molecule has 0 radical (unpaired) electrons. The molecule has 64 heavy (non-hydrogen) atoms. The van der Waals surface area contributed by atoms with Crippen LogP contribution in [0.3, 0.4) is 0 Å². The zero-order valence-corrected chi connectivity index (χ0v) is 41.9. The standard InChI is InChI=1S/4C10H21NO.C8H10O8/c4*1-4-6-9(5-2)7-8(3)10(11)12;9-5(10)1-3(7(13)14)4(8(15)16)2-6(11)12/h4*8-9H,4-7H2,1-3H3,(H2,11,12);3-4H,1-2H2,(H,9,10)(H,11,12)(H,13,14)(H,15,16). The maximum atomic E-state index is 10.8. The van der Waals surface area contributed by atoms with E-state index in [4.69, 9.17) is 43.4 Å². The smallest absolute Gasteiger partial charge is 0.307 e. The lowest BCUT2D eigenvalue weighted by Crippen LogP contribution is -2.33. The van der Waals surface area contributed by atoms with Gasteiger partial charge in [-0.1, -0.05) is 160 Å². The second-order valence-corrected chi connectivity index (χ2v) is 17.5. The number of hydrogen-bond donors (Lipinski definition) is 8. The Morgan fingerprint density at radius 2 is 0.531 bits per heavy atom. The minimum atomic E-state index is -1.76. The van der Waals surface area contributed by atoms with Gasteiger partial charge in [-0.2, -0.15) is 0 Å². The van der Waals surface area contributed by atoms with E-state index in [0.717, 1.165) is 51.4 Å². The molecule has 0 bridgehead atoms. The van der Waals surface area contributed by atoms with E-state index in [9.17, 15) is 38.4 Å². The fourth-order valence-electron chi connectivity index (χ4n) is 7.23. The van der Waals surface area contributed by atoms with E-state index in [1.165, 1.54) is 51.4 Å². The Morgan fingerprint density at radius 1 is 0.359 bits per heavy atom. The molecule has 12 N–H and O–H groups in total. The number of carboxylic acids is 4. The fraction of sp³-hybridized carbons (Fsp3) is 0.833. The predicted molar refractivity (Wildman–Crippen MR) is 253 cm³/mol. The first-order valence-corrected chi connectivity index (χ1v) is 23.8. The lowest BCUT2D eigenvalue weighted by Gasteiger charge is -2.16. The predicted octanol–water partition coefficient (Wildman–Crippen LogP) is 8.63. The SMILES string of the molecule is CCCC(CC)CC(C)C(N)=O.CCCC(CC)CC(C)C(N)=O.CCCC(CC)CC(C)C(N)=O.CCCC(CC)CC(C)C(N)=O.O=C(O)CC(C(=O)O)C(CC(=O)O)C(=O)O. The molecular formula is C48H94N4O12. The van der Waals surface area contributed by atoms with Crippen molar-refractivity contribution < 1.29 is 58.8 Å². The number of primary amides is 4. The summed E-state index contributed by atoms with van der Waals surface area (Å²) in [4.78, 5) is 85.0. The molecule has 4 amide bonds. The number of rotatable bonds is 31. The van der Waals surface area contributed by atoms with E-state index in [1.54, 1.807) is 0 Å². The summed E-state index contributed by atoms with van der Waals surface area (Å²) in [6, 6.07) is 0. The summed E-state index contributed by atoms with van der Waals surface area (Å²) in [5.74, 6) is -7.56. The molecular weight excluding hydrogens is 825 g/mol. The monoisotopic (exact) mass is 919 g/mol. The van der Waals surface area contributed by atoms with Crippen LogP contribution in [0.2, 0.25) is 0 Å². The maximum absolute atomic E-state index is 10.8. The van der Waals surface area contributed by atoms with Crippen LogP contribution >= 0.6 is 0 Å². The molecule has 0 saturated carbocycles. The van der Waals surface area contributed by atoms with Gasteiger partial charge in [-0.25, -0.2) is 0 Å². The van der Waals surface area contributed by atoms with Gasteiger partial charge in [0.05, 0.1) is 24.7 Å². The Kier molecular flexibility index (Phi) is 45.9. The number of amides is 4. The largest absolute Gasteiger partial charge is 0.481 e. The Bertz CT molecular complexity index is 1140. The van der Waals surface area contributed by atoms with E-state index in [-0.39, 0.29) is 47.3 Å². The van der Waals surface area contributed by atoms with Crippen LogP contribution in [0.25, 0.3) is 0 Å². The molecule has 10 atom stereocenters. The molecule has 0 fully saturated rings. The summed E-state index contributed by atoms with van der Waals surface area (Å²) >= 11 is 0. The molecule has 0 aromatic rings. The third kappa shape index (κ3) is 40.5. The van der Waals surface area contributed by atoms with E-state index in [1.807, 2.05) is 27.7 Å². The summed E-state index contributed by atoms with van der Waals surface area (Å²) in [7, 11) is 0. The van der Waals surface area contributed by atoms with Crippen molar-refractivity contribution in [1.29, 1.82) is 0 Å². The molecule has 10 unspecified atom stereocenters. The average Bonchev–Trinajstić information content (AvgIpc) is 3.21. The number of aliphatic carboxylic acids is 4. The van der Waals surface area contributed by atoms with Gasteiger partial charge >= 0.3 is 23.9 Å². The Morgan fingerprint density at radius 3 is 0.625 bits per heavy atom. The second-order valence-electron chi connectivity index (χ2n) is 17.5. The van der Waals surface area contributed by atoms with Crippen LogP contribution in [0.5, 0.6) is 0 Å². The van der Waals surface area contributed by atoms with Crippen molar-refractivity contribution in [3.8, 4) is 0 Å². The first-order chi connectivity index (χ1) is 29.7. The Labute approximate surface area is 386 Å². The third-order valence-corrected chi connectivity index (χ3v) is 11.7. The highest BCUT2D eigenvalue weighted by Crippen LogP contribution is 2.23. The fourth-order valence-corrected chi connectivity index (χ4v) is 7.23. The minimum Gasteiger partial charge on any atom is -0.481 e. The van der Waals surface area contributed by atoms with Crippen LogP contribution in [-0.2, 0) is 38.4 Å². The highest BCUT2D eigenvalue weighted by Gasteiger charge is 2.37. The molecule has 0 aliphatic carbocycles. The zero-order valence-electron chi connectivity index (χ0n) is 41.9. The van der Waals surface area contributed by atoms with E-state index in [2.05, 4.69) is 55.4 Å². The molecule has 0 aromatic carbocycles. The third-order valence-electron chi connectivity index (χ3n) is 11.7. The molecule has 0 rings (SSSR count). The number of carbonyl (C=O) groups excluding carboxylic acids is 4. The van der Waals surface area contributed by atoms with Crippen LogP contribution in [0.15, 0.2) is 0 Å². The lowest BCUT2D eigenvalue weighted by molar-refractivity contribution is -0.160. The van der Waals surface area contributed by atoms with Crippen molar-refractivity contribution in [3.05, 3.63) is 0 Å². The van der Waals surface area contributed by atoms with Crippen molar-refractivity contribution in [2.24, 2.45) is 82.1 Å². The van der Waals surface area contributed by atoms with Gasteiger partial charge in [0.25, 0.3) is 0 Å². The number of hydrogen-bond acceptors (Lipinski definition) is 8. The molecule has 0 aliphatic rings. The van der Waals surface area contributed by atoms with Gasteiger partial charge in [0, 0.05) is 23.7 Å². The first kappa shape index (κ1) is 68.8. The molecule has 16 heteroatoms. The van der Waals surface area contributed by atoms with Crippen LogP contribution in [0.4, 0.5) is 0 Å². The second kappa shape index (κ2) is 42.7. The Balaban J connectivity index is -0.000000228. The molecule has 378 valence electrons. The van der Waals surface area contributed by atoms with Gasteiger partial charge in [0.2, 0.25) is 23.6 Å². The van der Waals surface area contributed by atoms with Gasteiger partial charge in [-0.05, 0) is 49.4 Å². The maximum Gasteiger partial charge on any atom is 0.307 e. The Hall–Kier alpha value is -4.24. The molecule has 0 aliphatic heterocycles. The molecule has 0 spiro atoms. The average molecular weight is 919 g/mol. The summed E-state index contributed by atoms with van der Waals surface area (Å²) in [5, 5.41) is 34.1. The molecule has 16 nitrogen and oxygen atoms in total. The van der Waals surface area contributed by atoms with Crippen LogP contribution in [-0.4, -0.2) is 67.9 Å². The molecule has 0 saturated heterocycles. The van der Waals surface area contributed by atoms with Crippen molar-refractivity contribution in [1.82, 2.24) is 0 Å².